The third-order valence-corrected chi connectivity index (χ3v) is 2.79. The van der Waals surface area contributed by atoms with Gasteiger partial charge in [0.1, 0.15) is 0 Å². The van der Waals surface area contributed by atoms with Crippen LogP contribution in [0.15, 0.2) is 12.4 Å². The summed E-state index contributed by atoms with van der Waals surface area (Å²) in [5.41, 5.74) is -0.219. The molecular formula is C11H19N3O2. The Morgan fingerprint density at radius 1 is 1.44 bits per heavy atom. The van der Waals surface area contributed by atoms with Crippen molar-refractivity contribution in [2.24, 2.45) is 5.41 Å². The molecule has 0 spiro atoms. The van der Waals surface area contributed by atoms with Gasteiger partial charge in [0.15, 0.2) is 5.75 Å². The van der Waals surface area contributed by atoms with E-state index in [2.05, 4.69) is 15.3 Å². The van der Waals surface area contributed by atoms with Crippen LogP contribution < -0.4 is 10.1 Å². The molecule has 0 aliphatic carbocycles. The summed E-state index contributed by atoms with van der Waals surface area (Å²) in [7, 11) is 1.57. The lowest BCUT2D eigenvalue weighted by molar-refractivity contribution is 0.144. The van der Waals surface area contributed by atoms with Gasteiger partial charge in [-0.1, -0.05) is 13.8 Å². The summed E-state index contributed by atoms with van der Waals surface area (Å²) in [5, 5.41) is 12.4. The molecule has 1 aromatic rings. The van der Waals surface area contributed by atoms with Crippen LogP contribution in [0.4, 0.5) is 5.95 Å². The molecule has 1 aromatic heterocycles. The van der Waals surface area contributed by atoms with Gasteiger partial charge in [0.05, 0.1) is 26.1 Å². The van der Waals surface area contributed by atoms with Crippen molar-refractivity contribution in [2.75, 3.05) is 19.0 Å². The minimum absolute atomic E-state index is 0.0749. The lowest BCUT2D eigenvalue weighted by atomic mass is 9.86. The number of rotatable bonds is 5. The van der Waals surface area contributed by atoms with Crippen molar-refractivity contribution in [1.82, 2.24) is 9.97 Å². The van der Waals surface area contributed by atoms with E-state index in [-0.39, 0.29) is 18.1 Å². The SMILES string of the molecule is COc1cnc(NC(C)C(C)(C)CO)nc1. The van der Waals surface area contributed by atoms with E-state index < -0.39 is 0 Å². The molecule has 90 valence electrons. The van der Waals surface area contributed by atoms with Gasteiger partial charge in [0.25, 0.3) is 0 Å². The summed E-state index contributed by atoms with van der Waals surface area (Å²) < 4.78 is 4.97. The molecule has 0 fully saturated rings. The van der Waals surface area contributed by atoms with E-state index in [4.69, 9.17) is 4.74 Å². The maximum Gasteiger partial charge on any atom is 0.223 e. The minimum atomic E-state index is -0.219. The molecule has 0 radical (unpaired) electrons. The molecule has 0 aromatic carbocycles. The van der Waals surface area contributed by atoms with Gasteiger partial charge in [-0.25, -0.2) is 9.97 Å². The molecule has 0 saturated carbocycles. The number of aliphatic hydroxyl groups excluding tert-OH is 1. The topological polar surface area (TPSA) is 67.3 Å². The van der Waals surface area contributed by atoms with Crippen LogP contribution in [0.1, 0.15) is 20.8 Å². The highest BCUT2D eigenvalue weighted by atomic mass is 16.5. The number of methoxy groups -OCH3 is 1. The summed E-state index contributed by atoms with van der Waals surface area (Å²) in [5.74, 6) is 1.16. The summed E-state index contributed by atoms with van der Waals surface area (Å²) >= 11 is 0. The normalized spacial score (nSPS) is 13.3. The van der Waals surface area contributed by atoms with E-state index in [1.165, 1.54) is 0 Å². The Morgan fingerprint density at radius 3 is 2.44 bits per heavy atom. The van der Waals surface area contributed by atoms with E-state index in [0.29, 0.717) is 11.7 Å². The molecule has 1 heterocycles. The average Bonchev–Trinajstić information content (AvgIpc) is 2.30. The molecule has 5 heteroatoms. The molecule has 1 rings (SSSR count). The molecule has 5 nitrogen and oxygen atoms in total. The highest BCUT2D eigenvalue weighted by molar-refractivity contribution is 5.28. The van der Waals surface area contributed by atoms with Crippen molar-refractivity contribution in [3.63, 3.8) is 0 Å². The summed E-state index contributed by atoms with van der Waals surface area (Å²) in [6, 6.07) is 0.0749. The molecule has 1 unspecified atom stereocenters. The van der Waals surface area contributed by atoms with E-state index in [1.54, 1.807) is 19.5 Å². The van der Waals surface area contributed by atoms with Crippen LogP contribution in [-0.2, 0) is 0 Å². The van der Waals surface area contributed by atoms with Crippen molar-refractivity contribution in [1.29, 1.82) is 0 Å². The molecule has 0 aliphatic heterocycles. The number of hydrogen-bond acceptors (Lipinski definition) is 5. The van der Waals surface area contributed by atoms with Gasteiger partial charge in [0.2, 0.25) is 5.95 Å². The Morgan fingerprint density at radius 2 is 2.00 bits per heavy atom. The number of aromatic nitrogens is 2. The maximum absolute atomic E-state index is 9.22. The molecule has 0 bridgehead atoms. The van der Waals surface area contributed by atoms with Crippen molar-refractivity contribution in [2.45, 2.75) is 26.8 Å². The van der Waals surface area contributed by atoms with Crippen LogP contribution in [0.25, 0.3) is 0 Å². The van der Waals surface area contributed by atoms with Gasteiger partial charge in [-0.3, -0.25) is 0 Å². The molecule has 0 saturated heterocycles. The Bertz CT molecular complexity index is 325. The Balaban J connectivity index is 2.66. The van der Waals surface area contributed by atoms with Crippen LogP contribution in [-0.4, -0.2) is 34.8 Å². The van der Waals surface area contributed by atoms with Crippen LogP contribution in [0.2, 0.25) is 0 Å². The molecule has 16 heavy (non-hydrogen) atoms. The number of nitrogens with one attached hydrogen (secondary N) is 1. The Labute approximate surface area is 95.9 Å². The van der Waals surface area contributed by atoms with Gasteiger partial charge >= 0.3 is 0 Å². The number of hydrogen-bond donors (Lipinski definition) is 2. The standard InChI is InChI=1S/C11H19N3O2/c1-8(11(2,3)7-15)14-10-12-5-9(16-4)6-13-10/h5-6,8,15H,7H2,1-4H3,(H,12,13,14). The highest BCUT2D eigenvalue weighted by Gasteiger charge is 2.25. The van der Waals surface area contributed by atoms with Crippen LogP contribution >= 0.6 is 0 Å². The van der Waals surface area contributed by atoms with E-state index in [9.17, 15) is 5.11 Å². The van der Waals surface area contributed by atoms with Gasteiger partial charge in [-0.15, -0.1) is 0 Å². The third kappa shape index (κ3) is 3.06. The molecule has 2 N–H and O–H groups in total. The number of nitrogens with zero attached hydrogens (tertiary/aromatic N) is 2. The maximum atomic E-state index is 9.22. The highest BCUT2D eigenvalue weighted by Crippen LogP contribution is 2.21. The first kappa shape index (κ1) is 12.7. The molecule has 0 aliphatic rings. The minimum Gasteiger partial charge on any atom is -0.494 e. The smallest absolute Gasteiger partial charge is 0.223 e. The number of anilines is 1. The van der Waals surface area contributed by atoms with E-state index in [0.717, 1.165) is 0 Å². The second kappa shape index (κ2) is 5.12. The predicted octanol–water partition coefficient (Wildman–Crippen LogP) is 1.30. The van der Waals surface area contributed by atoms with Gasteiger partial charge in [0, 0.05) is 11.5 Å². The Hall–Kier alpha value is -1.36. The van der Waals surface area contributed by atoms with Gasteiger partial charge < -0.3 is 15.2 Å². The number of ether oxygens (including phenoxy) is 1. The fourth-order valence-electron chi connectivity index (χ4n) is 1.02. The largest absolute Gasteiger partial charge is 0.494 e. The summed E-state index contributed by atoms with van der Waals surface area (Å²) in [6.45, 7) is 6.06. The quantitative estimate of drug-likeness (QED) is 0.790. The van der Waals surface area contributed by atoms with Gasteiger partial charge in [-0.2, -0.15) is 0 Å². The summed E-state index contributed by atoms with van der Waals surface area (Å²) in [4.78, 5) is 8.22. The molecule has 1 atom stereocenters. The monoisotopic (exact) mass is 225 g/mol. The predicted molar refractivity (Wildman–Crippen MR) is 62.5 cm³/mol. The summed E-state index contributed by atoms with van der Waals surface area (Å²) in [6.07, 6.45) is 3.21. The molecular weight excluding hydrogens is 206 g/mol. The second-order valence-corrected chi connectivity index (χ2v) is 4.46. The van der Waals surface area contributed by atoms with Crippen molar-refractivity contribution in [3.8, 4) is 5.75 Å². The van der Waals surface area contributed by atoms with Crippen LogP contribution in [0, 0.1) is 5.41 Å². The second-order valence-electron chi connectivity index (χ2n) is 4.46. The zero-order valence-corrected chi connectivity index (χ0v) is 10.2. The van der Waals surface area contributed by atoms with Crippen LogP contribution in [0.5, 0.6) is 5.75 Å². The lowest BCUT2D eigenvalue weighted by Crippen LogP contribution is -2.36. The first-order valence-electron chi connectivity index (χ1n) is 5.23. The number of aliphatic hydroxyl groups is 1. The zero-order valence-electron chi connectivity index (χ0n) is 10.2. The lowest BCUT2D eigenvalue weighted by Gasteiger charge is -2.30. The zero-order chi connectivity index (χ0) is 12.2. The first-order valence-corrected chi connectivity index (χ1v) is 5.23. The van der Waals surface area contributed by atoms with E-state index in [1.807, 2.05) is 20.8 Å². The van der Waals surface area contributed by atoms with E-state index >= 15 is 0 Å². The van der Waals surface area contributed by atoms with Crippen LogP contribution in [0.3, 0.4) is 0 Å². The fourth-order valence-corrected chi connectivity index (χ4v) is 1.02. The van der Waals surface area contributed by atoms with Crippen molar-refractivity contribution >= 4 is 5.95 Å². The third-order valence-electron chi connectivity index (χ3n) is 2.79. The van der Waals surface area contributed by atoms with Gasteiger partial charge in [-0.05, 0) is 6.92 Å². The Kier molecular flexibility index (Phi) is 4.06. The molecule has 0 amide bonds. The fraction of sp³-hybridized carbons (Fsp3) is 0.636. The van der Waals surface area contributed by atoms with Crippen molar-refractivity contribution < 1.29 is 9.84 Å². The average molecular weight is 225 g/mol. The van der Waals surface area contributed by atoms with Crippen molar-refractivity contribution in [3.05, 3.63) is 12.4 Å². The first-order chi connectivity index (χ1) is 7.49.